The number of carbonyl (C=O) groups excluding carboxylic acids is 1. The molecule has 0 aromatic heterocycles. The van der Waals surface area contributed by atoms with Crippen LogP contribution in [0.5, 0.6) is 5.75 Å². The molecule has 0 heterocycles. The lowest BCUT2D eigenvalue weighted by molar-refractivity contribution is -0.141. The van der Waals surface area contributed by atoms with Gasteiger partial charge in [-0.25, -0.2) is 0 Å². The second-order valence-electron chi connectivity index (χ2n) is 3.88. The van der Waals surface area contributed by atoms with Gasteiger partial charge in [-0.1, -0.05) is 6.07 Å². The van der Waals surface area contributed by atoms with Crippen LogP contribution >= 0.6 is 0 Å². The highest BCUT2D eigenvalue weighted by molar-refractivity contribution is 5.69. The molecule has 0 unspecified atom stereocenters. The van der Waals surface area contributed by atoms with Gasteiger partial charge in [-0.3, -0.25) is 4.79 Å². The SMILES string of the molecule is COC(=O)CCOc1ccc([C@H](C)O)cc1C. The molecule has 0 spiro atoms. The summed E-state index contributed by atoms with van der Waals surface area (Å²) in [4.78, 5) is 10.9. The van der Waals surface area contributed by atoms with Crippen LogP contribution in [0.4, 0.5) is 0 Å². The van der Waals surface area contributed by atoms with E-state index in [0.717, 1.165) is 16.9 Å². The maximum atomic E-state index is 10.9. The fraction of sp³-hybridized carbons (Fsp3) is 0.462. The van der Waals surface area contributed by atoms with Crippen molar-refractivity contribution in [2.45, 2.75) is 26.4 Å². The van der Waals surface area contributed by atoms with Gasteiger partial charge in [0, 0.05) is 0 Å². The highest BCUT2D eigenvalue weighted by Crippen LogP contribution is 2.22. The first-order valence-corrected chi connectivity index (χ1v) is 5.53. The van der Waals surface area contributed by atoms with Crippen molar-refractivity contribution in [3.05, 3.63) is 29.3 Å². The average molecular weight is 238 g/mol. The van der Waals surface area contributed by atoms with E-state index < -0.39 is 6.10 Å². The average Bonchev–Trinajstić information content (AvgIpc) is 2.30. The van der Waals surface area contributed by atoms with E-state index in [-0.39, 0.29) is 12.4 Å². The number of benzene rings is 1. The van der Waals surface area contributed by atoms with Gasteiger partial charge < -0.3 is 14.6 Å². The fourth-order valence-corrected chi connectivity index (χ4v) is 1.44. The van der Waals surface area contributed by atoms with E-state index in [0.29, 0.717) is 6.61 Å². The van der Waals surface area contributed by atoms with Crippen LogP contribution in [0.3, 0.4) is 0 Å². The van der Waals surface area contributed by atoms with E-state index in [1.165, 1.54) is 7.11 Å². The van der Waals surface area contributed by atoms with E-state index in [2.05, 4.69) is 4.74 Å². The highest BCUT2D eigenvalue weighted by Gasteiger charge is 2.06. The minimum absolute atomic E-state index is 0.230. The monoisotopic (exact) mass is 238 g/mol. The van der Waals surface area contributed by atoms with Crippen molar-refractivity contribution >= 4 is 5.97 Å². The molecule has 94 valence electrons. The summed E-state index contributed by atoms with van der Waals surface area (Å²) >= 11 is 0. The van der Waals surface area contributed by atoms with Crippen molar-refractivity contribution in [2.24, 2.45) is 0 Å². The van der Waals surface area contributed by atoms with Gasteiger partial charge in [-0.15, -0.1) is 0 Å². The van der Waals surface area contributed by atoms with Gasteiger partial charge in [0.15, 0.2) is 0 Å². The van der Waals surface area contributed by atoms with E-state index in [1.54, 1.807) is 13.0 Å². The number of ether oxygens (including phenoxy) is 2. The van der Waals surface area contributed by atoms with Gasteiger partial charge in [0.1, 0.15) is 5.75 Å². The maximum absolute atomic E-state index is 10.9. The van der Waals surface area contributed by atoms with Crippen molar-refractivity contribution < 1.29 is 19.4 Å². The van der Waals surface area contributed by atoms with Crippen LogP contribution in [0.15, 0.2) is 18.2 Å². The number of esters is 1. The van der Waals surface area contributed by atoms with Gasteiger partial charge in [-0.2, -0.15) is 0 Å². The first-order chi connectivity index (χ1) is 8.04. The molecule has 1 N–H and O–H groups in total. The van der Waals surface area contributed by atoms with Crippen LogP contribution in [0.25, 0.3) is 0 Å². The number of aliphatic hydroxyl groups is 1. The van der Waals surface area contributed by atoms with Crippen molar-refractivity contribution in [1.82, 2.24) is 0 Å². The summed E-state index contributed by atoms with van der Waals surface area (Å²) < 4.78 is 9.98. The lowest BCUT2D eigenvalue weighted by Crippen LogP contribution is -2.08. The third kappa shape index (κ3) is 4.07. The maximum Gasteiger partial charge on any atom is 0.308 e. The number of hydrogen-bond donors (Lipinski definition) is 1. The molecule has 0 saturated heterocycles. The minimum atomic E-state index is -0.488. The molecule has 1 aromatic rings. The summed E-state index contributed by atoms with van der Waals surface area (Å²) in [5, 5.41) is 9.42. The van der Waals surface area contributed by atoms with Crippen molar-refractivity contribution in [1.29, 1.82) is 0 Å². The number of methoxy groups -OCH3 is 1. The first-order valence-electron chi connectivity index (χ1n) is 5.53. The Morgan fingerprint density at radius 2 is 2.18 bits per heavy atom. The van der Waals surface area contributed by atoms with Crippen molar-refractivity contribution in [2.75, 3.05) is 13.7 Å². The zero-order valence-electron chi connectivity index (χ0n) is 10.4. The molecule has 1 rings (SSSR count). The van der Waals surface area contributed by atoms with Crippen LogP contribution in [0.2, 0.25) is 0 Å². The number of aliphatic hydroxyl groups excluding tert-OH is 1. The first kappa shape index (κ1) is 13.5. The molecule has 0 aliphatic heterocycles. The van der Waals surface area contributed by atoms with Crippen LogP contribution in [0, 0.1) is 6.92 Å². The number of carbonyl (C=O) groups is 1. The standard InChI is InChI=1S/C13H18O4/c1-9-8-11(10(2)14)4-5-12(9)17-7-6-13(15)16-3/h4-5,8,10,14H,6-7H2,1-3H3/t10-/m0/s1. The topological polar surface area (TPSA) is 55.8 Å². The van der Waals surface area contributed by atoms with E-state index in [4.69, 9.17) is 4.74 Å². The zero-order chi connectivity index (χ0) is 12.8. The summed E-state index contributed by atoms with van der Waals surface area (Å²) in [6.45, 7) is 3.91. The van der Waals surface area contributed by atoms with Crippen molar-refractivity contribution in [3.63, 3.8) is 0 Å². The Morgan fingerprint density at radius 1 is 1.47 bits per heavy atom. The summed E-state index contributed by atoms with van der Waals surface area (Å²) in [5.74, 6) is 0.432. The molecule has 0 aliphatic rings. The van der Waals surface area contributed by atoms with Gasteiger partial charge in [0.05, 0.1) is 26.2 Å². The predicted octanol–water partition coefficient (Wildman–Crippen LogP) is 1.99. The second kappa shape index (κ2) is 6.25. The molecule has 0 fully saturated rings. The third-order valence-electron chi connectivity index (χ3n) is 2.47. The van der Waals surface area contributed by atoms with Gasteiger partial charge in [-0.05, 0) is 37.1 Å². The van der Waals surface area contributed by atoms with Gasteiger partial charge in [0.2, 0.25) is 0 Å². The molecular formula is C13H18O4. The number of aryl methyl sites for hydroxylation is 1. The Morgan fingerprint density at radius 3 is 2.71 bits per heavy atom. The molecular weight excluding hydrogens is 220 g/mol. The predicted molar refractivity (Wildman–Crippen MR) is 63.9 cm³/mol. The summed E-state index contributed by atoms with van der Waals surface area (Å²) in [6.07, 6.45) is -0.258. The molecule has 1 aromatic carbocycles. The van der Waals surface area contributed by atoms with Crippen LogP contribution in [-0.2, 0) is 9.53 Å². The molecule has 0 saturated carbocycles. The van der Waals surface area contributed by atoms with Gasteiger partial charge >= 0.3 is 5.97 Å². The zero-order valence-corrected chi connectivity index (χ0v) is 10.4. The number of rotatable bonds is 5. The Bertz CT molecular complexity index is 385. The van der Waals surface area contributed by atoms with Crippen LogP contribution in [0.1, 0.15) is 30.6 Å². The Kier molecular flexibility index (Phi) is 4.97. The molecule has 0 amide bonds. The summed E-state index contributed by atoms with van der Waals surface area (Å²) in [7, 11) is 1.35. The van der Waals surface area contributed by atoms with E-state index >= 15 is 0 Å². The lowest BCUT2D eigenvalue weighted by Gasteiger charge is -2.11. The summed E-state index contributed by atoms with van der Waals surface area (Å²) in [5.41, 5.74) is 1.79. The number of hydrogen-bond acceptors (Lipinski definition) is 4. The van der Waals surface area contributed by atoms with Crippen LogP contribution < -0.4 is 4.74 Å². The third-order valence-corrected chi connectivity index (χ3v) is 2.47. The van der Waals surface area contributed by atoms with E-state index in [1.807, 2.05) is 19.1 Å². The molecule has 17 heavy (non-hydrogen) atoms. The highest BCUT2D eigenvalue weighted by atomic mass is 16.5. The fourth-order valence-electron chi connectivity index (χ4n) is 1.44. The molecule has 0 bridgehead atoms. The Hall–Kier alpha value is -1.55. The smallest absolute Gasteiger partial charge is 0.308 e. The minimum Gasteiger partial charge on any atom is -0.493 e. The molecule has 0 radical (unpaired) electrons. The Labute approximate surface area is 101 Å². The van der Waals surface area contributed by atoms with Crippen LogP contribution in [-0.4, -0.2) is 24.8 Å². The molecule has 4 nitrogen and oxygen atoms in total. The summed E-state index contributed by atoms with van der Waals surface area (Å²) in [6, 6.07) is 5.48. The molecule has 1 atom stereocenters. The largest absolute Gasteiger partial charge is 0.493 e. The quantitative estimate of drug-likeness (QED) is 0.797. The molecule has 0 aliphatic carbocycles. The Balaban J connectivity index is 2.57. The normalized spacial score (nSPS) is 12.0. The van der Waals surface area contributed by atoms with E-state index in [9.17, 15) is 9.90 Å². The van der Waals surface area contributed by atoms with Gasteiger partial charge in [0.25, 0.3) is 0 Å². The second-order valence-corrected chi connectivity index (χ2v) is 3.88. The van der Waals surface area contributed by atoms with Crippen molar-refractivity contribution in [3.8, 4) is 5.75 Å². The molecule has 4 heteroatoms. The lowest BCUT2D eigenvalue weighted by atomic mass is 10.1.